The summed E-state index contributed by atoms with van der Waals surface area (Å²) in [6, 6.07) is 12.2. The number of rotatable bonds is 8. The predicted octanol–water partition coefficient (Wildman–Crippen LogP) is 3.61. The third-order valence-electron chi connectivity index (χ3n) is 4.88. The third kappa shape index (κ3) is 5.17. The van der Waals surface area contributed by atoms with Gasteiger partial charge < -0.3 is 29.0 Å². The zero-order valence-electron chi connectivity index (χ0n) is 18.4. The van der Waals surface area contributed by atoms with E-state index in [4.69, 9.17) is 18.9 Å². The van der Waals surface area contributed by atoms with Gasteiger partial charge in [0.1, 0.15) is 22.9 Å². The van der Waals surface area contributed by atoms with Crippen molar-refractivity contribution in [2.75, 3.05) is 13.9 Å². The van der Waals surface area contributed by atoms with E-state index < -0.39 is 23.8 Å². The van der Waals surface area contributed by atoms with Crippen molar-refractivity contribution < 1.29 is 37.7 Å². The first-order chi connectivity index (χ1) is 16.4. The summed E-state index contributed by atoms with van der Waals surface area (Å²) in [4.78, 5) is 28.4. The molecule has 1 atom stereocenters. The molecular formula is C24H21FN2O7. The highest BCUT2D eigenvalue weighted by Gasteiger charge is 2.19. The van der Waals surface area contributed by atoms with Gasteiger partial charge in [0.25, 0.3) is 5.91 Å². The van der Waals surface area contributed by atoms with Crippen LogP contribution in [0.3, 0.4) is 0 Å². The lowest BCUT2D eigenvalue weighted by Crippen LogP contribution is -2.25. The van der Waals surface area contributed by atoms with Gasteiger partial charge >= 0.3 is 5.97 Å². The van der Waals surface area contributed by atoms with Crippen molar-refractivity contribution in [3.8, 4) is 28.9 Å². The van der Waals surface area contributed by atoms with Crippen LogP contribution in [0.15, 0.2) is 54.7 Å². The van der Waals surface area contributed by atoms with Gasteiger partial charge in [-0.25, -0.2) is 14.2 Å². The van der Waals surface area contributed by atoms with Gasteiger partial charge in [-0.1, -0.05) is 6.07 Å². The van der Waals surface area contributed by atoms with Crippen LogP contribution in [0.25, 0.3) is 0 Å². The molecule has 3 aromatic rings. The number of hydrogen-bond donors (Lipinski definition) is 1. The summed E-state index contributed by atoms with van der Waals surface area (Å²) in [5.74, 6) is 0.123. The Bertz CT molecular complexity index is 1220. The smallest absolute Gasteiger partial charge is 0.346 e. The molecule has 0 radical (unpaired) electrons. The van der Waals surface area contributed by atoms with Crippen molar-refractivity contribution in [3.05, 3.63) is 71.7 Å². The SMILES string of the molecule is COC(=O)[C@H](C)Oc1ccc(CNC(=O)c2cccnc2Oc2ccc3c(c2)OCO3)c(F)c1. The zero-order valence-corrected chi connectivity index (χ0v) is 18.4. The number of nitrogens with zero attached hydrogens (tertiary/aromatic N) is 1. The van der Waals surface area contributed by atoms with Crippen molar-refractivity contribution in [2.24, 2.45) is 0 Å². The molecule has 0 bridgehead atoms. The largest absolute Gasteiger partial charge is 0.479 e. The number of halogens is 1. The number of nitrogens with one attached hydrogen (secondary N) is 1. The monoisotopic (exact) mass is 468 g/mol. The van der Waals surface area contributed by atoms with Crippen LogP contribution in [0.2, 0.25) is 0 Å². The van der Waals surface area contributed by atoms with E-state index in [0.29, 0.717) is 17.2 Å². The molecule has 176 valence electrons. The first kappa shape index (κ1) is 22.8. The lowest BCUT2D eigenvalue weighted by molar-refractivity contribution is -0.147. The van der Waals surface area contributed by atoms with Crippen LogP contribution in [0.1, 0.15) is 22.8 Å². The second-order valence-electron chi connectivity index (χ2n) is 7.19. The molecule has 0 saturated carbocycles. The molecule has 0 unspecified atom stereocenters. The maximum Gasteiger partial charge on any atom is 0.346 e. The number of benzene rings is 2. The van der Waals surface area contributed by atoms with E-state index in [1.807, 2.05) is 0 Å². The van der Waals surface area contributed by atoms with E-state index in [2.05, 4.69) is 15.0 Å². The molecule has 0 aliphatic carbocycles. The Morgan fingerprint density at radius 1 is 1.12 bits per heavy atom. The lowest BCUT2D eigenvalue weighted by Gasteiger charge is -2.14. The highest BCUT2D eigenvalue weighted by molar-refractivity contribution is 5.96. The minimum Gasteiger partial charge on any atom is -0.479 e. The average Bonchev–Trinajstić information content (AvgIpc) is 3.31. The van der Waals surface area contributed by atoms with Crippen LogP contribution in [0.5, 0.6) is 28.9 Å². The van der Waals surface area contributed by atoms with Crippen LogP contribution in [-0.4, -0.2) is 36.9 Å². The van der Waals surface area contributed by atoms with E-state index in [9.17, 15) is 14.0 Å². The fraction of sp³-hybridized carbons (Fsp3) is 0.208. The average molecular weight is 468 g/mol. The Hall–Kier alpha value is -4.34. The fourth-order valence-electron chi connectivity index (χ4n) is 3.13. The first-order valence-electron chi connectivity index (χ1n) is 10.3. The molecule has 1 aromatic heterocycles. The van der Waals surface area contributed by atoms with E-state index in [1.54, 1.807) is 30.3 Å². The fourth-order valence-corrected chi connectivity index (χ4v) is 3.13. The van der Waals surface area contributed by atoms with Gasteiger partial charge in [0, 0.05) is 30.4 Å². The molecule has 0 saturated heterocycles. The minimum absolute atomic E-state index is 0.0832. The number of carbonyl (C=O) groups is 2. The molecule has 10 heteroatoms. The maximum atomic E-state index is 14.5. The van der Waals surface area contributed by atoms with Crippen LogP contribution in [-0.2, 0) is 16.1 Å². The topological polar surface area (TPSA) is 105 Å². The number of amides is 1. The Balaban J connectivity index is 1.41. The van der Waals surface area contributed by atoms with Crippen LogP contribution < -0.4 is 24.3 Å². The molecular weight excluding hydrogens is 447 g/mol. The normalized spacial score (nSPS) is 12.6. The Labute approximate surface area is 194 Å². The summed E-state index contributed by atoms with van der Waals surface area (Å²) in [5.41, 5.74) is 0.404. The number of carbonyl (C=O) groups excluding carboxylic acids is 2. The summed E-state index contributed by atoms with van der Waals surface area (Å²) in [5, 5.41) is 2.65. The summed E-state index contributed by atoms with van der Waals surface area (Å²) in [7, 11) is 1.24. The summed E-state index contributed by atoms with van der Waals surface area (Å²) in [6.07, 6.45) is 0.607. The molecule has 1 aliphatic rings. The molecule has 1 N–H and O–H groups in total. The minimum atomic E-state index is -0.885. The number of pyridine rings is 1. The quantitative estimate of drug-likeness (QED) is 0.500. The van der Waals surface area contributed by atoms with Gasteiger partial charge in [-0.15, -0.1) is 0 Å². The second kappa shape index (κ2) is 10.1. The summed E-state index contributed by atoms with van der Waals surface area (Å²) < 4.78 is 40.8. The number of fused-ring (bicyclic) bond motifs is 1. The molecule has 1 aliphatic heterocycles. The maximum absolute atomic E-state index is 14.5. The molecule has 1 amide bonds. The van der Waals surface area contributed by atoms with Gasteiger partial charge in [0.05, 0.1) is 7.11 Å². The van der Waals surface area contributed by atoms with E-state index in [1.165, 1.54) is 32.4 Å². The van der Waals surface area contributed by atoms with Crippen molar-refractivity contribution in [2.45, 2.75) is 19.6 Å². The van der Waals surface area contributed by atoms with Gasteiger partial charge in [-0.3, -0.25) is 4.79 Å². The molecule has 34 heavy (non-hydrogen) atoms. The van der Waals surface area contributed by atoms with E-state index in [0.717, 1.165) is 6.07 Å². The van der Waals surface area contributed by atoms with Gasteiger partial charge in [0.15, 0.2) is 17.6 Å². The van der Waals surface area contributed by atoms with E-state index in [-0.39, 0.29) is 36.1 Å². The summed E-state index contributed by atoms with van der Waals surface area (Å²) in [6.45, 7) is 1.54. The van der Waals surface area contributed by atoms with Gasteiger partial charge in [-0.05, 0) is 37.3 Å². The number of methoxy groups -OCH3 is 1. The van der Waals surface area contributed by atoms with Crippen LogP contribution >= 0.6 is 0 Å². The number of esters is 1. The number of ether oxygens (including phenoxy) is 5. The number of aromatic nitrogens is 1. The molecule has 9 nitrogen and oxygen atoms in total. The van der Waals surface area contributed by atoms with Crippen LogP contribution in [0.4, 0.5) is 4.39 Å². The highest BCUT2D eigenvalue weighted by atomic mass is 19.1. The molecule has 2 heterocycles. The van der Waals surface area contributed by atoms with Crippen LogP contribution in [0, 0.1) is 5.82 Å². The van der Waals surface area contributed by atoms with Gasteiger partial charge in [0.2, 0.25) is 12.7 Å². The molecule has 2 aromatic carbocycles. The summed E-state index contributed by atoms with van der Waals surface area (Å²) >= 11 is 0. The van der Waals surface area contributed by atoms with Crippen molar-refractivity contribution in [1.82, 2.24) is 10.3 Å². The van der Waals surface area contributed by atoms with E-state index >= 15 is 0 Å². The standard InChI is InChI=1S/C24H21FN2O7/c1-14(24(29)30-2)33-16-6-5-15(19(25)10-16)12-27-22(28)18-4-3-9-26-23(18)34-17-7-8-20-21(11-17)32-13-31-20/h3-11,14H,12-13H2,1-2H3,(H,27,28)/t14-/m0/s1. The predicted molar refractivity (Wildman–Crippen MR) is 117 cm³/mol. The molecule has 0 spiro atoms. The molecule has 4 rings (SSSR count). The zero-order chi connectivity index (χ0) is 24.1. The third-order valence-corrected chi connectivity index (χ3v) is 4.88. The Morgan fingerprint density at radius 2 is 1.91 bits per heavy atom. The van der Waals surface area contributed by atoms with Crippen molar-refractivity contribution in [1.29, 1.82) is 0 Å². The Morgan fingerprint density at radius 3 is 2.71 bits per heavy atom. The lowest BCUT2D eigenvalue weighted by atomic mass is 10.2. The second-order valence-corrected chi connectivity index (χ2v) is 7.19. The highest BCUT2D eigenvalue weighted by Crippen LogP contribution is 2.36. The van der Waals surface area contributed by atoms with Crippen molar-refractivity contribution in [3.63, 3.8) is 0 Å². The number of hydrogen-bond acceptors (Lipinski definition) is 8. The Kier molecular flexibility index (Phi) is 6.77. The van der Waals surface area contributed by atoms with Gasteiger partial charge in [-0.2, -0.15) is 0 Å². The van der Waals surface area contributed by atoms with Crippen molar-refractivity contribution >= 4 is 11.9 Å². The first-order valence-corrected chi connectivity index (χ1v) is 10.3. The molecule has 0 fully saturated rings.